The van der Waals surface area contributed by atoms with Crippen molar-refractivity contribution >= 4 is 23.8 Å². The molecule has 10 nitrogen and oxygen atoms in total. The molecule has 10 heteroatoms. The number of carbonyl (C=O) groups is 2. The lowest BCUT2D eigenvalue weighted by atomic mass is 10.0. The lowest BCUT2D eigenvalue weighted by Gasteiger charge is -2.35. The maximum Gasteiger partial charge on any atom is 0.409 e. The number of likely N-dealkylation sites (tertiary alicyclic amines) is 1. The Morgan fingerprint density at radius 3 is 2.74 bits per heavy atom. The molecule has 1 aromatic carbocycles. The molecule has 34 heavy (non-hydrogen) atoms. The highest BCUT2D eigenvalue weighted by atomic mass is 16.5. The van der Waals surface area contributed by atoms with E-state index < -0.39 is 0 Å². The van der Waals surface area contributed by atoms with Gasteiger partial charge in [0.15, 0.2) is 0 Å². The molecule has 4 aromatic rings. The molecule has 5 rings (SSSR count). The van der Waals surface area contributed by atoms with Crippen LogP contribution in [-0.2, 0) is 9.53 Å². The van der Waals surface area contributed by atoms with Crippen LogP contribution in [0.1, 0.15) is 28.6 Å². The summed E-state index contributed by atoms with van der Waals surface area (Å²) in [5, 5.41) is 6.61. The maximum atomic E-state index is 11.3. The summed E-state index contributed by atoms with van der Waals surface area (Å²) in [6.07, 6.45) is 4.25. The number of benzene rings is 1. The minimum absolute atomic E-state index is 0.0216. The second-order valence-electron chi connectivity index (χ2n) is 8.15. The summed E-state index contributed by atoms with van der Waals surface area (Å²) in [6.45, 7) is 7.03. The smallest absolute Gasteiger partial charge is 0.409 e. The molecule has 1 saturated heterocycles. The van der Waals surface area contributed by atoms with Gasteiger partial charge in [-0.3, -0.25) is 4.79 Å². The van der Waals surface area contributed by atoms with Crippen molar-refractivity contribution in [3.8, 4) is 11.4 Å². The molecule has 0 bridgehead atoms. The van der Waals surface area contributed by atoms with E-state index in [4.69, 9.17) is 4.52 Å². The molecule has 1 fully saturated rings. The van der Waals surface area contributed by atoms with E-state index in [1.54, 1.807) is 11.0 Å². The Bertz CT molecular complexity index is 1320. The average molecular weight is 463 g/mol. The van der Waals surface area contributed by atoms with Crippen molar-refractivity contribution in [1.82, 2.24) is 24.4 Å². The fourth-order valence-electron chi connectivity index (χ4n) is 3.62. The normalized spacial score (nSPS) is 13.1. The van der Waals surface area contributed by atoms with E-state index in [1.165, 1.54) is 18.4 Å². The monoisotopic (exact) mass is 462 g/mol. The summed E-state index contributed by atoms with van der Waals surface area (Å²) >= 11 is 0. The van der Waals surface area contributed by atoms with Crippen LogP contribution in [-0.4, -0.2) is 57.1 Å². The van der Waals surface area contributed by atoms with Crippen LogP contribution in [0.5, 0.6) is 0 Å². The molecule has 0 saturated carbocycles. The highest BCUT2D eigenvalue weighted by Crippen LogP contribution is 2.29. The minimum Gasteiger partial charge on any atom is -0.453 e. The second-order valence-corrected chi connectivity index (χ2v) is 8.15. The van der Waals surface area contributed by atoms with E-state index in [2.05, 4.69) is 55.7 Å². The van der Waals surface area contributed by atoms with E-state index >= 15 is 0 Å². The number of hydrogen-bond acceptors (Lipinski definition) is 7. The summed E-state index contributed by atoms with van der Waals surface area (Å²) < 4.78 is 12.0. The Morgan fingerprint density at radius 1 is 1.21 bits per heavy atom. The maximum absolute atomic E-state index is 11.3. The number of methoxy groups -OCH3 is 1. The lowest BCUT2D eigenvalue weighted by molar-refractivity contribution is -0.105. The van der Waals surface area contributed by atoms with Gasteiger partial charge in [0, 0.05) is 42.4 Å². The number of ether oxygens (including phenoxy) is 1. The van der Waals surface area contributed by atoms with Gasteiger partial charge in [0.2, 0.25) is 18.1 Å². The number of imidazole rings is 1. The molecular weight excluding hydrogens is 436 g/mol. The predicted octanol–water partition coefficient (Wildman–Crippen LogP) is 3.73. The Kier molecular flexibility index (Phi) is 6.58. The van der Waals surface area contributed by atoms with Gasteiger partial charge in [0.25, 0.3) is 0 Å². The Labute approximate surface area is 196 Å². The standard InChI is InChI=1S/C15H16N4O4.C9H10N2/c1-9-3-4-10(5-12(9)16-8-20)13-17-14(23-18-13)11-6-19(7-11)15(21)22-2;1-7-3-4-9-10-5-8(2)11(9)6-7/h3-5,8,11H,6-7H2,1-2H3,(H,16,20);3-6H,1-2H3. The summed E-state index contributed by atoms with van der Waals surface area (Å²) in [6, 6.07) is 9.63. The predicted molar refractivity (Wildman–Crippen MR) is 126 cm³/mol. The molecule has 3 aromatic heterocycles. The number of carbonyl (C=O) groups excluding carboxylic acids is 2. The van der Waals surface area contributed by atoms with Crippen molar-refractivity contribution in [2.75, 3.05) is 25.5 Å². The molecule has 0 atom stereocenters. The first kappa shape index (κ1) is 23.0. The summed E-state index contributed by atoms with van der Waals surface area (Å²) in [5.74, 6) is 0.962. The largest absolute Gasteiger partial charge is 0.453 e. The Morgan fingerprint density at radius 2 is 2.00 bits per heavy atom. The van der Waals surface area contributed by atoms with E-state index in [9.17, 15) is 9.59 Å². The number of rotatable bonds is 4. The zero-order valence-electron chi connectivity index (χ0n) is 19.5. The number of aromatic nitrogens is 4. The first-order chi connectivity index (χ1) is 16.4. The van der Waals surface area contributed by atoms with Crippen molar-refractivity contribution in [2.45, 2.75) is 26.7 Å². The van der Waals surface area contributed by atoms with Crippen molar-refractivity contribution in [3.63, 3.8) is 0 Å². The summed E-state index contributed by atoms with van der Waals surface area (Å²) in [7, 11) is 1.35. The number of fused-ring (bicyclic) bond motifs is 1. The van der Waals surface area contributed by atoms with Gasteiger partial charge in [-0.15, -0.1) is 0 Å². The second kappa shape index (κ2) is 9.74. The molecular formula is C24H26N6O4. The molecule has 0 radical (unpaired) electrons. The molecule has 0 unspecified atom stereocenters. The number of anilines is 1. The van der Waals surface area contributed by atoms with Crippen molar-refractivity contribution in [3.05, 3.63) is 65.4 Å². The Hall–Kier alpha value is -4.21. The van der Waals surface area contributed by atoms with Crippen LogP contribution in [0.2, 0.25) is 0 Å². The molecule has 4 heterocycles. The molecule has 1 aliphatic heterocycles. The molecule has 1 aliphatic rings. The zero-order valence-corrected chi connectivity index (χ0v) is 19.5. The van der Waals surface area contributed by atoms with E-state index in [-0.39, 0.29) is 12.0 Å². The van der Waals surface area contributed by atoms with Crippen LogP contribution in [0.15, 0.2) is 47.2 Å². The topological polar surface area (TPSA) is 115 Å². The van der Waals surface area contributed by atoms with Gasteiger partial charge >= 0.3 is 6.09 Å². The third kappa shape index (κ3) is 4.75. The fourth-order valence-corrected chi connectivity index (χ4v) is 3.62. The van der Waals surface area contributed by atoms with Crippen LogP contribution in [0.3, 0.4) is 0 Å². The van der Waals surface area contributed by atoms with Gasteiger partial charge in [-0.2, -0.15) is 4.98 Å². The first-order valence-electron chi connectivity index (χ1n) is 10.8. The molecule has 1 N–H and O–H groups in total. The fraction of sp³-hybridized carbons (Fsp3) is 0.292. The Balaban J connectivity index is 0.000000207. The van der Waals surface area contributed by atoms with Gasteiger partial charge in [-0.1, -0.05) is 23.4 Å². The molecule has 0 aliphatic carbocycles. The molecule has 176 valence electrons. The van der Waals surface area contributed by atoms with E-state index in [0.717, 1.165) is 16.8 Å². The minimum atomic E-state index is -0.357. The van der Waals surface area contributed by atoms with E-state index in [1.807, 2.05) is 31.3 Å². The van der Waals surface area contributed by atoms with Gasteiger partial charge in [-0.25, -0.2) is 9.78 Å². The van der Waals surface area contributed by atoms with Crippen LogP contribution in [0.4, 0.5) is 10.5 Å². The average Bonchev–Trinajstić information content (AvgIpc) is 3.42. The number of nitrogens with zero attached hydrogens (tertiary/aromatic N) is 5. The van der Waals surface area contributed by atoms with Gasteiger partial charge in [0.05, 0.1) is 13.0 Å². The number of hydrogen-bond donors (Lipinski definition) is 1. The van der Waals surface area contributed by atoms with Crippen LogP contribution < -0.4 is 5.32 Å². The van der Waals surface area contributed by atoms with Gasteiger partial charge < -0.3 is 23.9 Å². The number of pyridine rings is 1. The molecule has 2 amide bonds. The van der Waals surface area contributed by atoms with Crippen molar-refractivity contribution < 1.29 is 18.8 Å². The van der Waals surface area contributed by atoms with E-state index in [0.29, 0.717) is 36.9 Å². The van der Waals surface area contributed by atoms with Crippen LogP contribution >= 0.6 is 0 Å². The van der Waals surface area contributed by atoms with Gasteiger partial charge in [-0.05, 0) is 44.0 Å². The molecule has 0 spiro atoms. The SMILES string of the molecule is COC(=O)N1CC(c2nc(-c3ccc(C)c(NC=O)c3)no2)C1.Cc1ccc2ncc(C)n2c1. The van der Waals surface area contributed by atoms with Crippen LogP contribution in [0, 0.1) is 20.8 Å². The van der Waals surface area contributed by atoms with Crippen molar-refractivity contribution in [2.24, 2.45) is 0 Å². The van der Waals surface area contributed by atoms with Crippen LogP contribution in [0.25, 0.3) is 17.0 Å². The quantitative estimate of drug-likeness (QED) is 0.460. The van der Waals surface area contributed by atoms with Crippen molar-refractivity contribution in [1.29, 1.82) is 0 Å². The number of nitrogens with one attached hydrogen (secondary N) is 1. The third-order valence-corrected chi connectivity index (χ3v) is 5.65. The lowest BCUT2D eigenvalue weighted by Crippen LogP contribution is -2.48. The highest BCUT2D eigenvalue weighted by Gasteiger charge is 2.36. The number of aryl methyl sites for hydroxylation is 3. The third-order valence-electron chi connectivity index (χ3n) is 5.65. The summed E-state index contributed by atoms with van der Waals surface area (Å²) in [5.41, 5.74) is 5.86. The van der Waals surface area contributed by atoms with Gasteiger partial charge in [0.1, 0.15) is 5.65 Å². The highest BCUT2D eigenvalue weighted by molar-refractivity contribution is 5.76. The zero-order chi connectivity index (χ0) is 24.2. The first-order valence-corrected chi connectivity index (χ1v) is 10.8. The number of amides is 2. The summed E-state index contributed by atoms with van der Waals surface area (Å²) in [4.78, 5) is 32.1.